The normalized spacial score (nSPS) is 12.2. The Morgan fingerprint density at radius 2 is 1.09 bits per heavy atom. The van der Waals surface area contributed by atoms with Gasteiger partial charge in [0.1, 0.15) is 6.33 Å². The van der Waals surface area contributed by atoms with E-state index in [4.69, 9.17) is 49.2 Å². The van der Waals surface area contributed by atoms with E-state index in [1.165, 1.54) is 66.8 Å². The number of rotatable bonds is 8. The molecule has 75 heavy (non-hydrogen) atoms. The van der Waals surface area contributed by atoms with Gasteiger partial charge in [-0.05, 0) is 150 Å². The Morgan fingerprint density at radius 3 is 1.49 bits per heavy atom. The number of anilines is 3. The van der Waals surface area contributed by atoms with Gasteiger partial charge in [-0.25, -0.2) is 19.6 Å². The van der Waals surface area contributed by atoms with Crippen LogP contribution in [0.3, 0.4) is 0 Å². The van der Waals surface area contributed by atoms with Crippen molar-refractivity contribution in [3.05, 3.63) is 201 Å². The Hall–Kier alpha value is -5.62. The molecule has 0 bridgehead atoms. The summed E-state index contributed by atoms with van der Waals surface area (Å²) in [5, 5.41) is 17.1. The van der Waals surface area contributed by atoms with Crippen LogP contribution in [0.15, 0.2) is 122 Å². The molecule has 17 heteroatoms. The molecule has 3 aliphatic carbocycles. The summed E-state index contributed by atoms with van der Waals surface area (Å²) in [6.07, 6.45) is 19.0. The Morgan fingerprint density at radius 1 is 0.680 bits per heavy atom. The molecule has 1 fully saturated rings. The number of nitrogens with zero attached hydrogens (tertiary/aromatic N) is 4. The topological polar surface area (TPSA) is 196 Å². The Bertz CT molecular complexity index is 2740. The number of benzene rings is 5. The number of hydrogen-bond acceptors (Lipinski definition) is 13. The number of nitrogens with two attached hydrogens (primary N) is 2. The van der Waals surface area contributed by atoms with Crippen LogP contribution in [0.5, 0.6) is 0 Å². The molecule has 1 aliphatic heterocycles. The van der Waals surface area contributed by atoms with Crippen molar-refractivity contribution in [2.75, 3.05) is 50.9 Å². The maximum atomic E-state index is 12.6. The number of aliphatic hydroxyl groups is 2. The van der Waals surface area contributed by atoms with Crippen molar-refractivity contribution in [1.29, 1.82) is 0 Å². The number of ether oxygens (including phenoxy) is 3. The van der Waals surface area contributed by atoms with E-state index in [1.807, 2.05) is 72.8 Å². The van der Waals surface area contributed by atoms with Crippen LogP contribution < -0.4 is 33.3 Å². The largest absolute Gasteiger partial charge is 2.00 e. The van der Waals surface area contributed by atoms with Crippen molar-refractivity contribution in [3.63, 3.8) is 0 Å². The first-order valence-corrected chi connectivity index (χ1v) is 23.8. The minimum absolute atomic E-state index is 0. The Balaban J connectivity index is 0.000000508. The zero-order valence-corrected chi connectivity index (χ0v) is 47.4. The fraction of sp³-hybridized carbons (Fsp3) is 0.276. The SMILES string of the molecule is C.C1CCOC1.CC(C)(O)c1cc2c(cc1N)C=CC2.CO.COC(=O)c1cc2c(cc1N(Cc1ccccc1)Cc1ccccc1)C=CC2.COC(=O)c1cc2c(cc1N)C=CC2.Clc1ncnc(Cl)n1.[Br-].[CH3-].[Mg+2]. The van der Waals surface area contributed by atoms with Crippen molar-refractivity contribution >= 4 is 93.5 Å². The van der Waals surface area contributed by atoms with E-state index in [2.05, 4.69) is 79.2 Å². The summed E-state index contributed by atoms with van der Waals surface area (Å²) in [4.78, 5) is 36.6. The number of carbonyl (C=O) groups is 2. The smallest absolute Gasteiger partial charge is 1.00 e. The van der Waals surface area contributed by atoms with Crippen LogP contribution >= 0.6 is 23.2 Å². The van der Waals surface area contributed by atoms with Crippen LogP contribution in [-0.2, 0) is 52.2 Å². The summed E-state index contributed by atoms with van der Waals surface area (Å²) in [5.74, 6) is -0.673. The summed E-state index contributed by atoms with van der Waals surface area (Å²) >= 11 is 10.6. The number of hydrogen-bond donors (Lipinski definition) is 4. The fourth-order valence-corrected chi connectivity index (χ4v) is 8.19. The molecule has 1 saturated heterocycles. The van der Waals surface area contributed by atoms with Gasteiger partial charge in [0, 0.05) is 50.4 Å². The molecule has 10 rings (SSSR count). The van der Waals surface area contributed by atoms with Crippen LogP contribution in [0, 0.1) is 7.43 Å². The summed E-state index contributed by atoms with van der Waals surface area (Å²) in [6, 6.07) is 32.3. The Kier molecular flexibility index (Phi) is 30.7. The van der Waals surface area contributed by atoms with Gasteiger partial charge < -0.3 is 65.2 Å². The molecule has 1 aromatic heterocycles. The van der Waals surface area contributed by atoms with Crippen LogP contribution in [0.1, 0.15) is 105 Å². The second-order valence-electron chi connectivity index (χ2n) is 16.9. The van der Waals surface area contributed by atoms with E-state index in [9.17, 15) is 14.7 Å². The fourth-order valence-electron chi connectivity index (χ4n) is 7.90. The molecule has 13 nitrogen and oxygen atoms in total. The Labute approximate surface area is 480 Å². The van der Waals surface area contributed by atoms with E-state index >= 15 is 0 Å². The van der Waals surface area contributed by atoms with E-state index in [1.54, 1.807) is 19.9 Å². The first-order chi connectivity index (χ1) is 34.2. The number of methoxy groups -OCH3 is 2. The molecule has 6 N–H and O–H groups in total. The quantitative estimate of drug-likeness (QED) is 0.0493. The number of fused-ring (bicyclic) bond motifs is 3. The summed E-state index contributed by atoms with van der Waals surface area (Å²) in [6.45, 7) is 6.94. The van der Waals surface area contributed by atoms with Crippen LogP contribution in [0.4, 0.5) is 17.1 Å². The molecule has 2 heterocycles. The molecule has 5 aromatic carbocycles. The minimum atomic E-state index is -0.859. The molecule has 0 saturated carbocycles. The molecule has 4 aliphatic rings. The number of carbonyl (C=O) groups excluding carboxylic acids is 2. The molecular formula is C58H69BrCl2MgN6O7. The third-order valence-corrected chi connectivity index (χ3v) is 11.7. The van der Waals surface area contributed by atoms with Gasteiger partial charge in [0.15, 0.2) is 0 Å². The second-order valence-corrected chi connectivity index (χ2v) is 17.6. The first kappa shape index (κ1) is 67.4. The van der Waals surface area contributed by atoms with Gasteiger partial charge in [0.2, 0.25) is 10.6 Å². The molecule has 0 spiro atoms. The first-order valence-electron chi connectivity index (χ1n) is 23.0. The van der Waals surface area contributed by atoms with E-state index in [0.717, 1.165) is 62.0 Å². The van der Waals surface area contributed by atoms with Gasteiger partial charge in [-0.1, -0.05) is 105 Å². The van der Waals surface area contributed by atoms with Crippen molar-refractivity contribution < 1.29 is 51.0 Å². The molecule has 0 amide bonds. The minimum Gasteiger partial charge on any atom is -1.00 e. The predicted octanol–water partition coefficient (Wildman–Crippen LogP) is 8.23. The van der Waals surface area contributed by atoms with Crippen molar-refractivity contribution in [2.24, 2.45) is 0 Å². The second kappa shape index (κ2) is 34.1. The monoisotopic (exact) mass is 1130 g/mol. The summed E-state index contributed by atoms with van der Waals surface area (Å²) in [7, 11) is 3.80. The summed E-state index contributed by atoms with van der Waals surface area (Å²) < 4.78 is 14.7. The van der Waals surface area contributed by atoms with Crippen LogP contribution in [0.25, 0.3) is 18.2 Å². The van der Waals surface area contributed by atoms with Crippen LogP contribution in [0.2, 0.25) is 10.6 Å². The van der Waals surface area contributed by atoms with Gasteiger partial charge in [0.05, 0.1) is 36.6 Å². The van der Waals surface area contributed by atoms with Gasteiger partial charge in [-0.15, -0.1) is 0 Å². The van der Waals surface area contributed by atoms with Crippen molar-refractivity contribution in [2.45, 2.75) is 72.1 Å². The number of allylic oxidation sites excluding steroid dienone is 3. The average Bonchev–Trinajstić information content (AvgIpc) is 4.24. The van der Waals surface area contributed by atoms with E-state index in [-0.39, 0.29) is 77.4 Å². The van der Waals surface area contributed by atoms with Gasteiger partial charge in [0.25, 0.3) is 0 Å². The molecule has 0 radical (unpaired) electrons. The van der Waals surface area contributed by atoms with Crippen molar-refractivity contribution in [1.82, 2.24) is 15.0 Å². The zero-order chi connectivity index (χ0) is 51.3. The number of esters is 2. The maximum Gasteiger partial charge on any atom is 2.00 e. The van der Waals surface area contributed by atoms with Gasteiger partial charge in [-0.3, -0.25) is 0 Å². The number of aromatic nitrogens is 3. The van der Waals surface area contributed by atoms with Gasteiger partial charge >= 0.3 is 35.0 Å². The molecule has 0 atom stereocenters. The van der Waals surface area contributed by atoms with E-state index < -0.39 is 5.60 Å². The van der Waals surface area contributed by atoms with E-state index in [0.29, 0.717) is 35.6 Å². The molecule has 0 unspecified atom stereocenters. The maximum absolute atomic E-state index is 12.6. The van der Waals surface area contributed by atoms with Crippen LogP contribution in [-0.4, -0.2) is 94.7 Å². The third kappa shape index (κ3) is 20.4. The number of nitrogen functional groups attached to an aromatic ring is 2. The molecular weight excluding hydrogens is 1070 g/mol. The average molecular weight is 1140 g/mol. The van der Waals surface area contributed by atoms with Crippen molar-refractivity contribution in [3.8, 4) is 0 Å². The number of halogens is 3. The molecule has 396 valence electrons. The zero-order valence-electron chi connectivity index (χ0n) is 42.9. The summed E-state index contributed by atoms with van der Waals surface area (Å²) in [5.41, 5.74) is 24.1. The van der Waals surface area contributed by atoms with Gasteiger partial charge in [-0.2, -0.15) is 4.98 Å². The standard InChI is InChI=1S/C25H23NO2.C12H15NO.C11H11NO2.C4H8O.C3HCl2N3.CH4O.CH4.CH3.BrH.Mg/c1-28-25(27)23-15-21-13-8-14-22(21)16-24(23)26(17-19-9-4-2-5-10-19)18-20-11-6-3-7-12-20;1-12(2,14)10-6-8-4-3-5-9(8)7-11(10)13;1-14-11(13)9-5-7-3-2-4-8(7)6-10(9)12;1-2-4-5-3-1;4-2-6-1-7-3(5)8-2;1-2;;;;/h2-12,14-16H,13,17-18H2,1H3;3,5-7,14H,4,13H2,1-2H3;2,4-6H,3,12H2,1H3;1-4H2;1H;2H,1H3;1H4;1H3;1H;/q;;;;;;;-1;;+2/p-1. The number of aliphatic hydroxyl groups excluding tert-OH is 1. The third-order valence-electron chi connectivity index (χ3n) is 11.4. The predicted molar refractivity (Wildman–Crippen MR) is 304 cm³/mol. The molecule has 6 aromatic rings.